The molecule has 8 heteroatoms. The monoisotopic (exact) mass is 344 g/mol. The molecule has 0 unspecified atom stereocenters. The summed E-state index contributed by atoms with van der Waals surface area (Å²) in [5.41, 5.74) is -0.306. The van der Waals surface area contributed by atoms with Crippen LogP contribution in [0.5, 0.6) is 5.75 Å². The summed E-state index contributed by atoms with van der Waals surface area (Å²) < 4.78 is 27.5. The molecule has 0 fully saturated rings. The van der Waals surface area contributed by atoms with Gasteiger partial charge in [-0.25, -0.2) is 8.42 Å². The third-order valence-corrected chi connectivity index (χ3v) is 4.85. The molecular weight excluding hydrogens is 332 g/mol. The Balaban J connectivity index is 2.05. The molecule has 0 bridgehead atoms. The smallest absolute Gasteiger partial charge is 0.312 e. The van der Waals surface area contributed by atoms with Crippen LogP contribution in [0.1, 0.15) is 0 Å². The first-order valence-corrected chi connectivity index (χ1v) is 8.35. The summed E-state index contributed by atoms with van der Waals surface area (Å²) in [6, 6.07) is 15.3. The number of aromatic hydroxyl groups is 1. The molecule has 0 spiro atoms. The van der Waals surface area contributed by atoms with Crippen molar-refractivity contribution < 1.29 is 18.4 Å². The molecule has 0 radical (unpaired) electrons. The molecular formula is C16H12N2O5S. The first-order valence-electron chi connectivity index (χ1n) is 6.86. The van der Waals surface area contributed by atoms with Crippen LogP contribution in [-0.2, 0) is 10.0 Å². The average Bonchev–Trinajstić information content (AvgIpc) is 2.55. The first-order chi connectivity index (χ1) is 11.4. The van der Waals surface area contributed by atoms with E-state index < -0.39 is 26.4 Å². The Morgan fingerprint density at radius 2 is 1.71 bits per heavy atom. The molecule has 0 aliphatic carbocycles. The number of nitrogens with one attached hydrogen (secondary N) is 1. The Morgan fingerprint density at radius 3 is 2.46 bits per heavy atom. The van der Waals surface area contributed by atoms with Crippen LogP contribution in [0.4, 0.5) is 11.4 Å². The fraction of sp³-hybridized carbons (Fsp3) is 0. The minimum absolute atomic E-state index is 0.306. The van der Waals surface area contributed by atoms with Crippen LogP contribution in [0.3, 0.4) is 0 Å². The standard InChI is InChI=1S/C16H12N2O5S/c19-16-9-8-12(10-15(16)18(20)21)24(22,23)17-14-7-3-5-11-4-1-2-6-13(11)14/h1-10,17,19H. The molecule has 3 rings (SSSR count). The zero-order valence-electron chi connectivity index (χ0n) is 12.2. The van der Waals surface area contributed by atoms with Crippen molar-refractivity contribution in [2.45, 2.75) is 4.90 Å². The van der Waals surface area contributed by atoms with Crippen molar-refractivity contribution in [3.63, 3.8) is 0 Å². The number of nitro benzene ring substituents is 1. The number of phenolic OH excluding ortho intramolecular Hbond substituents is 1. The van der Waals surface area contributed by atoms with Crippen molar-refractivity contribution in [1.29, 1.82) is 0 Å². The molecule has 0 aliphatic heterocycles. The van der Waals surface area contributed by atoms with Crippen LogP contribution >= 0.6 is 0 Å². The maximum atomic E-state index is 12.5. The van der Waals surface area contributed by atoms with Gasteiger partial charge in [-0.05, 0) is 23.6 Å². The zero-order chi connectivity index (χ0) is 17.3. The summed E-state index contributed by atoms with van der Waals surface area (Å²) in [4.78, 5) is 9.72. The van der Waals surface area contributed by atoms with Gasteiger partial charge in [0.2, 0.25) is 0 Å². The number of anilines is 1. The lowest BCUT2D eigenvalue weighted by Crippen LogP contribution is -2.13. The van der Waals surface area contributed by atoms with Crippen molar-refractivity contribution in [2.75, 3.05) is 4.72 Å². The zero-order valence-corrected chi connectivity index (χ0v) is 13.0. The molecule has 3 aromatic carbocycles. The minimum atomic E-state index is -4.04. The normalized spacial score (nSPS) is 11.3. The summed E-state index contributed by atoms with van der Waals surface area (Å²) in [6.07, 6.45) is 0. The number of nitrogens with zero attached hydrogens (tertiary/aromatic N) is 1. The van der Waals surface area contributed by atoms with Gasteiger partial charge in [0.15, 0.2) is 5.75 Å². The van der Waals surface area contributed by atoms with Gasteiger partial charge >= 0.3 is 5.69 Å². The van der Waals surface area contributed by atoms with Crippen LogP contribution in [0.15, 0.2) is 65.6 Å². The van der Waals surface area contributed by atoms with Crippen LogP contribution in [0.2, 0.25) is 0 Å². The molecule has 0 saturated heterocycles. The van der Waals surface area contributed by atoms with Gasteiger partial charge in [0.25, 0.3) is 10.0 Å². The molecule has 2 N–H and O–H groups in total. The highest BCUT2D eigenvalue weighted by atomic mass is 32.2. The Morgan fingerprint density at radius 1 is 1.00 bits per heavy atom. The largest absolute Gasteiger partial charge is 0.502 e. The average molecular weight is 344 g/mol. The van der Waals surface area contributed by atoms with Gasteiger partial charge in [-0.2, -0.15) is 0 Å². The second kappa shape index (κ2) is 5.82. The van der Waals surface area contributed by atoms with E-state index in [1.807, 2.05) is 18.2 Å². The second-order valence-electron chi connectivity index (χ2n) is 5.04. The quantitative estimate of drug-likeness (QED) is 0.557. The summed E-state index contributed by atoms with van der Waals surface area (Å²) in [7, 11) is -4.04. The molecule has 0 saturated carbocycles. The van der Waals surface area contributed by atoms with Crippen molar-refractivity contribution in [3.05, 3.63) is 70.8 Å². The Hall–Kier alpha value is -3.13. The number of hydrogen-bond donors (Lipinski definition) is 2. The van der Waals surface area contributed by atoms with Gasteiger partial charge < -0.3 is 5.11 Å². The maximum Gasteiger partial charge on any atom is 0.312 e. The van der Waals surface area contributed by atoms with Crippen LogP contribution < -0.4 is 4.72 Å². The molecule has 122 valence electrons. The van der Waals surface area contributed by atoms with Gasteiger partial charge in [-0.1, -0.05) is 36.4 Å². The highest BCUT2D eigenvalue weighted by Gasteiger charge is 2.21. The fourth-order valence-corrected chi connectivity index (χ4v) is 3.43. The third kappa shape index (κ3) is 2.86. The highest BCUT2D eigenvalue weighted by molar-refractivity contribution is 7.92. The number of sulfonamides is 1. The van der Waals surface area contributed by atoms with E-state index in [4.69, 9.17) is 0 Å². The van der Waals surface area contributed by atoms with Crippen LogP contribution in [0, 0.1) is 10.1 Å². The van der Waals surface area contributed by atoms with Gasteiger partial charge in [0, 0.05) is 11.5 Å². The van der Waals surface area contributed by atoms with Gasteiger partial charge in [-0.3, -0.25) is 14.8 Å². The molecule has 0 aromatic heterocycles. The second-order valence-corrected chi connectivity index (χ2v) is 6.72. The molecule has 0 atom stereocenters. The van der Waals surface area contributed by atoms with Gasteiger partial charge in [-0.15, -0.1) is 0 Å². The number of benzene rings is 3. The number of nitro groups is 1. The lowest BCUT2D eigenvalue weighted by Gasteiger charge is -2.11. The van der Waals surface area contributed by atoms with E-state index in [1.165, 1.54) is 0 Å². The summed E-state index contributed by atoms with van der Waals surface area (Å²) >= 11 is 0. The van der Waals surface area contributed by atoms with E-state index in [0.29, 0.717) is 11.1 Å². The molecule has 0 amide bonds. The van der Waals surface area contributed by atoms with Crippen molar-refractivity contribution >= 4 is 32.2 Å². The number of hydrogen-bond acceptors (Lipinski definition) is 5. The van der Waals surface area contributed by atoms with E-state index in [-0.39, 0.29) is 4.90 Å². The van der Waals surface area contributed by atoms with Crippen molar-refractivity contribution in [1.82, 2.24) is 0 Å². The molecule has 0 aliphatic rings. The van der Waals surface area contributed by atoms with E-state index >= 15 is 0 Å². The molecule has 0 heterocycles. The lowest BCUT2D eigenvalue weighted by atomic mass is 10.1. The van der Waals surface area contributed by atoms with Crippen molar-refractivity contribution in [3.8, 4) is 5.75 Å². The fourth-order valence-electron chi connectivity index (χ4n) is 2.33. The van der Waals surface area contributed by atoms with Crippen LogP contribution in [-0.4, -0.2) is 18.4 Å². The predicted molar refractivity (Wildman–Crippen MR) is 89.5 cm³/mol. The first kappa shape index (κ1) is 15.8. The predicted octanol–water partition coefficient (Wildman–Crippen LogP) is 3.25. The Labute approximate surface area is 137 Å². The number of fused-ring (bicyclic) bond motifs is 1. The number of phenols is 1. The maximum absolute atomic E-state index is 12.5. The van der Waals surface area contributed by atoms with E-state index in [0.717, 1.165) is 23.6 Å². The van der Waals surface area contributed by atoms with Crippen molar-refractivity contribution in [2.24, 2.45) is 0 Å². The molecule has 24 heavy (non-hydrogen) atoms. The van der Waals surface area contributed by atoms with E-state index in [2.05, 4.69) is 4.72 Å². The summed E-state index contributed by atoms with van der Waals surface area (Å²) in [5, 5.41) is 21.9. The topological polar surface area (TPSA) is 110 Å². The Bertz CT molecular complexity index is 1040. The van der Waals surface area contributed by atoms with Gasteiger partial charge in [0.1, 0.15) is 0 Å². The van der Waals surface area contributed by atoms with E-state index in [9.17, 15) is 23.6 Å². The minimum Gasteiger partial charge on any atom is -0.502 e. The van der Waals surface area contributed by atoms with E-state index in [1.54, 1.807) is 24.3 Å². The highest BCUT2D eigenvalue weighted by Crippen LogP contribution is 2.30. The number of rotatable bonds is 4. The third-order valence-electron chi connectivity index (χ3n) is 3.49. The van der Waals surface area contributed by atoms with Crippen LogP contribution in [0.25, 0.3) is 10.8 Å². The lowest BCUT2D eigenvalue weighted by molar-refractivity contribution is -0.386. The van der Waals surface area contributed by atoms with Gasteiger partial charge in [0.05, 0.1) is 15.5 Å². The molecule has 7 nitrogen and oxygen atoms in total. The summed E-state index contributed by atoms with van der Waals surface area (Å²) in [5.74, 6) is -0.593. The Kier molecular flexibility index (Phi) is 3.82. The summed E-state index contributed by atoms with van der Waals surface area (Å²) in [6.45, 7) is 0. The SMILES string of the molecule is O=[N+]([O-])c1cc(S(=O)(=O)Nc2cccc3ccccc23)ccc1O. The molecule has 3 aromatic rings.